The number of imidazole rings is 1. The van der Waals surface area contributed by atoms with Gasteiger partial charge in [-0.2, -0.15) is 0 Å². The first-order valence-corrected chi connectivity index (χ1v) is 11.0. The molecule has 0 aliphatic carbocycles. The standard InChI is InChI=1S/C26H21ClN4O/c1-17(6-5-15-32)26-30-23(24-25(27)28-13-14-31(24)26)20-10-9-19-11-12-21(29-22(19)16-20)18-7-3-2-4-8-18/h2-4,7-17H,5-6H2,1H3. The molecule has 0 spiro atoms. The summed E-state index contributed by atoms with van der Waals surface area (Å²) in [6.07, 6.45) is 5.71. The van der Waals surface area contributed by atoms with Crippen LogP contribution in [0.5, 0.6) is 0 Å². The number of aldehydes is 1. The minimum absolute atomic E-state index is 0.100. The fraction of sp³-hybridized carbons (Fsp3) is 0.154. The second-order valence-electron chi connectivity index (χ2n) is 7.87. The number of hydrogen-bond donors (Lipinski definition) is 0. The number of carbonyl (C=O) groups is 1. The number of fused-ring (bicyclic) bond motifs is 2. The van der Waals surface area contributed by atoms with E-state index in [2.05, 4.69) is 36.2 Å². The Morgan fingerprint density at radius 2 is 1.84 bits per heavy atom. The van der Waals surface area contributed by atoms with Crippen LogP contribution in [0, 0.1) is 0 Å². The average molecular weight is 441 g/mol. The molecule has 0 radical (unpaired) electrons. The van der Waals surface area contributed by atoms with Gasteiger partial charge < -0.3 is 4.79 Å². The Morgan fingerprint density at radius 3 is 2.66 bits per heavy atom. The van der Waals surface area contributed by atoms with Crippen molar-refractivity contribution < 1.29 is 4.79 Å². The van der Waals surface area contributed by atoms with Gasteiger partial charge in [0.15, 0.2) is 5.15 Å². The van der Waals surface area contributed by atoms with E-state index in [0.717, 1.165) is 57.5 Å². The largest absolute Gasteiger partial charge is 0.303 e. The van der Waals surface area contributed by atoms with Crippen LogP contribution in [0.1, 0.15) is 31.5 Å². The van der Waals surface area contributed by atoms with Crippen LogP contribution in [0.4, 0.5) is 0 Å². The van der Waals surface area contributed by atoms with Crippen molar-refractivity contribution in [1.82, 2.24) is 19.4 Å². The molecule has 1 unspecified atom stereocenters. The lowest BCUT2D eigenvalue weighted by Gasteiger charge is -2.08. The van der Waals surface area contributed by atoms with E-state index < -0.39 is 0 Å². The van der Waals surface area contributed by atoms with E-state index in [1.54, 1.807) is 6.20 Å². The summed E-state index contributed by atoms with van der Waals surface area (Å²) in [4.78, 5) is 25.0. The predicted octanol–water partition coefficient (Wildman–Crippen LogP) is 6.35. The summed E-state index contributed by atoms with van der Waals surface area (Å²) in [6, 6.07) is 20.4. The van der Waals surface area contributed by atoms with Crippen LogP contribution < -0.4 is 0 Å². The summed E-state index contributed by atoms with van der Waals surface area (Å²) in [6.45, 7) is 2.07. The van der Waals surface area contributed by atoms with Crippen LogP contribution >= 0.6 is 11.6 Å². The fourth-order valence-corrected chi connectivity index (χ4v) is 4.29. The lowest BCUT2D eigenvalue weighted by atomic mass is 10.1. The highest BCUT2D eigenvalue weighted by Crippen LogP contribution is 2.34. The monoisotopic (exact) mass is 440 g/mol. The van der Waals surface area contributed by atoms with E-state index in [1.807, 2.05) is 47.0 Å². The third kappa shape index (κ3) is 3.65. The van der Waals surface area contributed by atoms with E-state index in [1.165, 1.54) is 0 Å². The topological polar surface area (TPSA) is 60.2 Å². The Balaban J connectivity index is 1.66. The molecule has 1 atom stereocenters. The van der Waals surface area contributed by atoms with Crippen LogP contribution in [0.2, 0.25) is 5.15 Å². The maximum absolute atomic E-state index is 10.9. The van der Waals surface area contributed by atoms with Gasteiger partial charge in [0.1, 0.15) is 17.6 Å². The van der Waals surface area contributed by atoms with Gasteiger partial charge >= 0.3 is 0 Å². The Morgan fingerprint density at radius 1 is 1.03 bits per heavy atom. The first-order valence-electron chi connectivity index (χ1n) is 10.6. The van der Waals surface area contributed by atoms with Crippen molar-refractivity contribution in [2.75, 3.05) is 0 Å². The highest BCUT2D eigenvalue weighted by atomic mass is 35.5. The van der Waals surface area contributed by atoms with E-state index in [-0.39, 0.29) is 5.92 Å². The van der Waals surface area contributed by atoms with Gasteiger partial charge in [0.25, 0.3) is 0 Å². The Hall–Kier alpha value is -3.57. The molecule has 5 rings (SSSR count). The normalized spacial score (nSPS) is 12.3. The van der Waals surface area contributed by atoms with Crippen LogP contribution in [0.25, 0.3) is 38.9 Å². The molecule has 3 heterocycles. The number of rotatable bonds is 6. The third-order valence-electron chi connectivity index (χ3n) is 5.73. The molecule has 0 aliphatic rings. The number of halogens is 1. The number of aromatic nitrogens is 4. The lowest BCUT2D eigenvalue weighted by Crippen LogP contribution is -2.01. The van der Waals surface area contributed by atoms with Gasteiger partial charge in [-0.3, -0.25) is 4.40 Å². The van der Waals surface area contributed by atoms with Gasteiger partial charge in [0, 0.05) is 41.2 Å². The van der Waals surface area contributed by atoms with E-state index in [9.17, 15) is 4.79 Å². The van der Waals surface area contributed by atoms with Crippen molar-refractivity contribution in [1.29, 1.82) is 0 Å². The highest BCUT2D eigenvalue weighted by molar-refractivity contribution is 6.33. The van der Waals surface area contributed by atoms with Crippen molar-refractivity contribution in [3.8, 4) is 22.5 Å². The van der Waals surface area contributed by atoms with E-state index >= 15 is 0 Å². The number of benzene rings is 2. The van der Waals surface area contributed by atoms with Crippen LogP contribution in [0.15, 0.2) is 73.1 Å². The molecule has 0 fully saturated rings. The van der Waals surface area contributed by atoms with Gasteiger partial charge in [-0.1, -0.05) is 67.1 Å². The molecule has 158 valence electrons. The van der Waals surface area contributed by atoms with Crippen LogP contribution in [-0.2, 0) is 4.79 Å². The number of nitrogens with zero attached hydrogens (tertiary/aromatic N) is 4. The molecule has 2 aromatic carbocycles. The molecule has 0 N–H and O–H groups in total. The molecule has 0 aliphatic heterocycles. The Kier molecular flexibility index (Phi) is 5.41. The maximum atomic E-state index is 10.9. The van der Waals surface area contributed by atoms with Crippen LogP contribution in [0.3, 0.4) is 0 Å². The van der Waals surface area contributed by atoms with Gasteiger partial charge in [0.05, 0.1) is 16.9 Å². The molecule has 5 aromatic rings. The van der Waals surface area contributed by atoms with Crippen molar-refractivity contribution in [2.24, 2.45) is 0 Å². The van der Waals surface area contributed by atoms with Crippen molar-refractivity contribution in [3.05, 3.63) is 84.0 Å². The zero-order valence-corrected chi connectivity index (χ0v) is 18.3. The minimum Gasteiger partial charge on any atom is -0.303 e. The SMILES string of the molecule is CC(CCC=O)c1nc(-c2ccc3ccc(-c4ccccc4)nc3c2)c2c(Cl)nccn12. The van der Waals surface area contributed by atoms with Gasteiger partial charge in [-0.25, -0.2) is 15.0 Å². The van der Waals surface area contributed by atoms with Crippen molar-refractivity contribution in [3.63, 3.8) is 0 Å². The molecule has 0 bridgehead atoms. The molecule has 6 heteroatoms. The van der Waals surface area contributed by atoms with Gasteiger partial charge in [-0.15, -0.1) is 0 Å². The van der Waals surface area contributed by atoms with Gasteiger partial charge in [-0.05, 0) is 18.6 Å². The minimum atomic E-state index is 0.100. The zero-order chi connectivity index (χ0) is 22.1. The summed E-state index contributed by atoms with van der Waals surface area (Å²) in [5, 5.41) is 1.45. The molecule has 5 nitrogen and oxygen atoms in total. The summed E-state index contributed by atoms with van der Waals surface area (Å²) in [5.74, 6) is 0.968. The highest BCUT2D eigenvalue weighted by Gasteiger charge is 2.20. The molecular weight excluding hydrogens is 420 g/mol. The molecule has 3 aromatic heterocycles. The summed E-state index contributed by atoms with van der Waals surface area (Å²) in [7, 11) is 0. The molecule has 32 heavy (non-hydrogen) atoms. The summed E-state index contributed by atoms with van der Waals surface area (Å²) in [5.41, 5.74) is 5.35. The second-order valence-corrected chi connectivity index (χ2v) is 8.23. The van der Waals surface area contributed by atoms with Crippen molar-refractivity contribution in [2.45, 2.75) is 25.7 Å². The average Bonchev–Trinajstić information content (AvgIpc) is 3.23. The molecule has 0 saturated heterocycles. The Labute approximate surface area is 190 Å². The quantitative estimate of drug-likeness (QED) is 0.289. The smallest absolute Gasteiger partial charge is 0.155 e. The second kappa shape index (κ2) is 8.52. The first-order chi connectivity index (χ1) is 15.7. The summed E-state index contributed by atoms with van der Waals surface area (Å²) >= 11 is 6.51. The zero-order valence-electron chi connectivity index (χ0n) is 17.6. The number of hydrogen-bond acceptors (Lipinski definition) is 4. The maximum Gasteiger partial charge on any atom is 0.155 e. The van der Waals surface area contributed by atoms with E-state index in [0.29, 0.717) is 11.6 Å². The number of pyridine rings is 1. The summed E-state index contributed by atoms with van der Waals surface area (Å²) < 4.78 is 1.98. The third-order valence-corrected chi connectivity index (χ3v) is 6.01. The number of carbonyl (C=O) groups excluding carboxylic acids is 1. The lowest BCUT2D eigenvalue weighted by molar-refractivity contribution is -0.108. The van der Waals surface area contributed by atoms with Crippen LogP contribution in [-0.4, -0.2) is 25.6 Å². The van der Waals surface area contributed by atoms with Crippen molar-refractivity contribution >= 4 is 34.3 Å². The predicted molar refractivity (Wildman–Crippen MR) is 128 cm³/mol. The first kappa shape index (κ1) is 20.3. The fourth-order valence-electron chi connectivity index (χ4n) is 4.05. The molecular formula is C26H21ClN4O. The molecule has 0 saturated carbocycles. The Bertz CT molecular complexity index is 1430. The molecule has 0 amide bonds. The van der Waals surface area contributed by atoms with E-state index in [4.69, 9.17) is 21.6 Å². The van der Waals surface area contributed by atoms with Gasteiger partial charge in [0.2, 0.25) is 0 Å².